The molecule has 0 saturated heterocycles. The number of hydrogen-bond acceptors (Lipinski definition) is 6. The van der Waals surface area contributed by atoms with Crippen LogP contribution in [0.3, 0.4) is 0 Å². The number of hydrazone groups is 1. The number of nitrogens with two attached hydrogens (primary N) is 1. The van der Waals surface area contributed by atoms with Gasteiger partial charge in [0.05, 0.1) is 11.1 Å². The largest absolute Gasteiger partial charge is 0.490 e. The maximum absolute atomic E-state index is 10.9. The van der Waals surface area contributed by atoms with Crippen LogP contribution in [0.5, 0.6) is 11.5 Å². The number of nitro benzene ring substituents is 1. The van der Waals surface area contributed by atoms with Gasteiger partial charge in [-0.3, -0.25) is 15.5 Å². The molecule has 9 heteroatoms. The molecule has 0 atom stereocenters. The highest BCUT2D eigenvalue weighted by atomic mass is 32.1. The molecule has 8 nitrogen and oxygen atoms in total. The average Bonchev–Trinajstić information content (AvgIpc) is 2.60. The van der Waals surface area contributed by atoms with E-state index in [2.05, 4.69) is 22.7 Å². The molecule has 0 aromatic heterocycles. The second-order valence-electron chi connectivity index (χ2n) is 4.72. The van der Waals surface area contributed by atoms with E-state index in [0.717, 1.165) is 5.75 Å². The first-order valence-corrected chi connectivity index (χ1v) is 7.64. The third kappa shape index (κ3) is 6.07. The van der Waals surface area contributed by atoms with Crippen LogP contribution in [-0.4, -0.2) is 29.5 Å². The van der Waals surface area contributed by atoms with Gasteiger partial charge in [0, 0.05) is 17.7 Å². The topological polar surface area (TPSA) is 112 Å². The van der Waals surface area contributed by atoms with Gasteiger partial charge in [-0.2, -0.15) is 5.10 Å². The normalized spacial score (nSPS) is 10.4. The van der Waals surface area contributed by atoms with E-state index >= 15 is 0 Å². The first-order chi connectivity index (χ1) is 12.1. The second-order valence-corrected chi connectivity index (χ2v) is 5.16. The monoisotopic (exact) mass is 360 g/mol. The maximum atomic E-state index is 10.9. The molecule has 2 aromatic carbocycles. The molecule has 0 unspecified atom stereocenters. The number of nitrogens with one attached hydrogen (secondary N) is 1. The number of para-hydroxylation sites is 1. The highest BCUT2D eigenvalue weighted by molar-refractivity contribution is 7.80. The van der Waals surface area contributed by atoms with Gasteiger partial charge in [-0.1, -0.05) is 18.2 Å². The molecule has 0 fully saturated rings. The number of rotatable bonds is 8. The van der Waals surface area contributed by atoms with Crippen LogP contribution < -0.4 is 20.6 Å². The van der Waals surface area contributed by atoms with Crippen molar-refractivity contribution in [2.24, 2.45) is 10.8 Å². The van der Waals surface area contributed by atoms with Gasteiger partial charge >= 0.3 is 0 Å². The summed E-state index contributed by atoms with van der Waals surface area (Å²) in [5, 5.41) is 14.7. The van der Waals surface area contributed by atoms with E-state index in [1.165, 1.54) is 24.4 Å². The number of benzene rings is 2. The lowest BCUT2D eigenvalue weighted by atomic mass is 10.2. The molecule has 0 spiro atoms. The van der Waals surface area contributed by atoms with E-state index in [4.69, 9.17) is 15.2 Å². The average molecular weight is 360 g/mol. The molecule has 25 heavy (non-hydrogen) atoms. The van der Waals surface area contributed by atoms with E-state index in [0.29, 0.717) is 17.9 Å². The predicted octanol–water partition coefficient (Wildman–Crippen LogP) is 2.22. The van der Waals surface area contributed by atoms with Gasteiger partial charge < -0.3 is 15.2 Å². The van der Waals surface area contributed by atoms with Crippen LogP contribution >= 0.6 is 12.2 Å². The lowest BCUT2D eigenvalue weighted by molar-refractivity contribution is -0.384. The summed E-state index contributed by atoms with van der Waals surface area (Å²) in [4.78, 5) is 10.4. The van der Waals surface area contributed by atoms with E-state index in [1.54, 1.807) is 0 Å². The molecule has 0 amide bonds. The zero-order valence-electron chi connectivity index (χ0n) is 13.1. The van der Waals surface area contributed by atoms with Crippen molar-refractivity contribution in [3.05, 3.63) is 64.2 Å². The number of hydrogen-bond donors (Lipinski definition) is 2. The van der Waals surface area contributed by atoms with Gasteiger partial charge in [0.25, 0.3) is 5.69 Å². The first-order valence-electron chi connectivity index (χ1n) is 7.24. The van der Waals surface area contributed by atoms with Crippen LogP contribution in [-0.2, 0) is 0 Å². The fraction of sp³-hybridized carbons (Fsp3) is 0.125. The molecular weight excluding hydrogens is 344 g/mol. The lowest BCUT2D eigenvalue weighted by Gasteiger charge is -2.10. The molecule has 130 valence electrons. The zero-order chi connectivity index (χ0) is 18.1. The van der Waals surface area contributed by atoms with Crippen molar-refractivity contribution in [1.82, 2.24) is 5.43 Å². The summed E-state index contributed by atoms with van der Waals surface area (Å²) < 4.78 is 11.1. The van der Waals surface area contributed by atoms with Gasteiger partial charge in [0.15, 0.2) is 5.11 Å². The summed E-state index contributed by atoms with van der Waals surface area (Å²) in [5.74, 6) is 1.16. The van der Waals surface area contributed by atoms with Crippen LogP contribution in [0, 0.1) is 10.1 Å². The molecular formula is C16H16N4O4S. The molecule has 0 saturated carbocycles. The van der Waals surface area contributed by atoms with E-state index < -0.39 is 4.92 Å². The second kappa shape index (κ2) is 9.18. The summed E-state index contributed by atoms with van der Waals surface area (Å²) in [6.45, 7) is 0.582. The summed E-state index contributed by atoms with van der Waals surface area (Å²) in [5.41, 5.74) is 8.00. The van der Waals surface area contributed by atoms with Crippen LogP contribution in [0.4, 0.5) is 5.69 Å². The van der Waals surface area contributed by atoms with E-state index in [-0.39, 0.29) is 17.4 Å². The minimum Gasteiger partial charge on any atom is -0.490 e. The van der Waals surface area contributed by atoms with Gasteiger partial charge in [-0.25, -0.2) is 0 Å². The molecule has 0 radical (unpaired) electrons. The van der Waals surface area contributed by atoms with Crippen molar-refractivity contribution in [2.75, 3.05) is 13.2 Å². The zero-order valence-corrected chi connectivity index (χ0v) is 13.9. The quantitative estimate of drug-likeness (QED) is 0.244. The first kappa shape index (κ1) is 18.1. The van der Waals surface area contributed by atoms with Crippen molar-refractivity contribution < 1.29 is 14.4 Å². The Bertz CT molecular complexity index is 768. The van der Waals surface area contributed by atoms with Crippen LogP contribution in [0.25, 0.3) is 0 Å². The summed E-state index contributed by atoms with van der Waals surface area (Å²) in [6.07, 6.45) is 1.35. The van der Waals surface area contributed by atoms with Crippen molar-refractivity contribution in [1.29, 1.82) is 0 Å². The third-order valence-corrected chi connectivity index (χ3v) is 3.03. The van der Waals surface area contributed by atoms with Crippen LogP contribution in [0.15, 0.2) is 53.6 Å². The Morgan fingerprint density at radius 1 is 1.24 bits per heavy atom. The predicted molar refractivity (Wildman–Crippen MR) is 98.0 cm³/mol. The van der Waals surface area contributed by atoms with Gasteiger partial charge in [-0.05, 0) is 30.4 Å². The fourth-order valence-corrected chi connectivity index (χ4v) is 1.93. The molecule has 2 aromatic rings. The summed E-state index contributed by atoms with van der Waals surface area (Å²) in [6, 6.07) is 13.5. The van der Waals surface area contributed by atoms with Crippen molar-refractivity contribution in [2.45, 2.75) is 0 Å². The number of nitrogens with zero attached hydrogens (tertiary/aromatic N) is 2. The molecule has 0 bridgehead atoms. The Morgan fingerprint density at radius 2 is 1.96 bits per heavy atom. The highest BCUT2D eigenvalue weighted by Gasteiger charge is 2.10. The Labute approximate surface area is 149 Å². The molecule has 0 aliphatic heterocycles. The standard InChI is InChI=1S/C16H16N4O4S/c17-16(25)19-18-11-12-10-13(20(21)22)6-7-15(12)24-9-8-23-14-4-2-1-3-5-14/h1-7,10-11H,8-9H2,(H3,17,19,25)/b18-11-. The van der Waals surface area contributed by atoms with Crippen LogP contribution in [0.1, 0.15) is 5.56 Å². The number of non-ortho nitro benzene ring substituents is 1. The summed E-state index contributed by atoms with van der Waals surface area (Å²) in [7, 11) is 0. The minimum atomic E-state index is -0.499. The Kier molecular flexibility index (Phi) is 6.66. The molecule has 3 N–H and O–H groups in total. The molecule has 2 rings (SSSR count). The number of ether oxygens (including phenoxy) is 2. The molecule has 0 aliphatic rings. The van der Waals surface area contributed by atoms with E-state index in [9.17, 15) is 10.1 Å². The smallest absolute Gasteiger partial charge is 0.270 e. The van der Waals surface area contributed by atoms with Gasteiger partial charge in [0.1, 0.15) is 24.7 Å². The van der Waals surface area contributed by atoms with Crippen molar-refractivity contribution in [3.63, 3.8) is 0 Å². The van der Waals surface area contributed by atoms with Crippen molar-refractivity contribution >= 4 is 29.2 Å². The minimum absolute atomic E-state index is 0.0135. The van der Waals surface area contributed by atoms with Crippen molar-refractivity contribution in [3.8, 4) is 11.5 Å². The number of thiocarbonyl (C=S) groups is 1. The Morgan fingerprint density at radius 3 is 2.64 bits per heavy atom. The molecule has 0 aliphatic carbocycles. The van der Waals surface area contributed by atoms with Crippen LogP contribution in [0.2, 0.25) is 0 Å². The van der Waals surface area contributed by atoms with Gasteiger partial charge in [0.2, 0.25) is 0 Å². The molecule has 0 heterocycles. The highest BCUT2D eigenvalue weighted by Crippen LogP contribution is 2.23. The summed E-state index contributed by atoms with van der Waals surface area (Å²) >= 11 is 4.64. The lowest BCUT2D eigenvalue weighted by Crippen LogP contribution is -2.24. The van der Waals surface area contributed by atoms with E-state index in [1.807, 2.05) is 30.3 Å². The Hall–Kier alpha value is -3.20. The maximum Gasteiger partial charge on any atom is 0.270 e. The SMILES string of the molecule is NC(=S)N/N=C\c1cc([N+](=O)[O-])ccc1OCCOc1ccccc1. The Balaban J connectivity index is 2.01. The van der Waals surface area contributed by atoms with Gasteiger partial charge in [-0.15, -0.1) is 0 Å². The third-order valence-electron chi connectivity index (χ3n) is 2.94. The number of nitro groups is 1. The fourth-order valence-electron chi connectivity index (χ4n) is 1.88.